The van der Waals surface area contributed by atoms with E-state index in [1.54, 1.807) is 0 Å². The Kier molecular flexibility index (Phi) is 3.00. The zero-order valence-electron chi connectivity index (χ0n) is 12.0. The van der Waals surface area contributed by atoms with Gasteiger partial charge >= 0.3 is 0 Å². The fraction of sp³-hybridized carbons (Fsp3) is 0.562. The molecule has 3 unspecified atom stereocenters. The first-order valence-corrected chi connectivity index (χ1v) is 7.72. The van der Waals surface area contributed by atoms with E-state index in [2.05, 4.69) is 46.1 Å². The maximum atomic E-state index is 4.74. The number of imidazole rings is 1. The van der Waals surface area contributed by atoms with Crippen LogP contribution in [0, 0.1) is 11.8 Å². The second-order valence-corrected chi connectivity index (χ2v) is 6.19. The molecule has 4 heteroatoms. The van der Waals surface area contributed by atoms with Gasteiger partial charge in [0.15, 0.2) is 0 Å². The Bertz CT molecular complexity index is 572. The van der Waals surface area contributed by atoms with Crippen LogP contribution in [0.2, 0.25) is 0 Å². The Hall–Kier alpha value is -1.39. The third kappa shape index (κ3) is 1.95. The molecule has 2 aromatic rings. The second kappa shape index (κ2) is 4.86. The van der Waals surface area contributed by atoms with E-state index in [0.717, 1.165) is 30.1 Å². The topological polar surface area (TPSA) is 32.6 Å². The van der Waals surface area contributed by atoms with Crippen molar-refractivity contribution < 1.29 is 0 Å². The normalized spacial score (nSPS) is 30.1. The van der Waals surface area contributed by atoms with Crippen molar-refractivity contribution in [1.29, 1.82) is 0 Å². The molecule has 2 fully saturated rings. The average molecular weight is 270 g/mol. The number of nitrogens with zero attached hydrogens (tertiary/aromatic N) is 3. The Labute approximate surface area is 119 Å². The summed E-state index contributed by atoms with van der Waals surface area (Å²) in [6.45, 7) is 6.94. The van der Waals surface area contributed by atoms with Crippen molar-refractivity contribution in [2.45, 2.75) is 25.9 Å². The summed E-state index contributed by atoms with van der Waals surface area (Å²) in [6, 6.07) is 6.90. The van der Waals surface area contributed by atoms with E-state index < -0.39 is 0 Å². The number of nitrogens with one attached hydrogen (secondary N) is 1. The summed E-state index contributed by atoms with van der Waals surface area (Å²) in [5, 5.41) is 3.55. The highest BCUT2D eigenvalue weighted by Crippen LogP contribution is 2.34. The van der Waals surface area contributed by atoms with Gasteiger partial charge in [0.05, 0.1) is 5.69 Å². The molecule has 2 aromatic heterocycles. The number of hydrogen-bond acceptors (Lipinski definition) is 3. The van der Waals surface area contributed by atoms with E-state index in [9.17, 15) is 0 Å². The van der Waals surface area contributed by atoms with Crippen LogP contribution in [-0.2, 0) is 6.54 Å². The van der Waals surface area contributed by atoms with E-state index in [-0.39, 0.29) is 0 Å². The van der Waals surface area contributed by atoms with Crippen molar-refractivity contribution in [2.24, 2.45) is 11.8 Å². The van der Waals surface area contributed by atoms with Gasteiger partial charge in [0.2, 0.25) is 0 Å². The third-order valence-corrected chi connectivity index (χ3v) is 5.02. The Morgan fingerprint density at radius 3 is 3.15 bits per heavy atom. The highest BCUT2D eigenvalue weighted by Gasteiger charge is 2.42. The number of aromatic nitrogens is 2. The summed E-state index contributed by atoms with van der Waals surface area (Å²) < 4.78 is 2.12. The zero-order valence-corrected chi connectivity index (χ0v) is 12.0. The minimum absolute atomic E-state index is 0.722. The van der Waals surface area contributed by atoms with Crippen LogP contribution >= 0.6 is 0 Å². The highest BCUT2D eigenvalue weighted by atomic mass is 15.2. The number of fused-ring (bicyclic) bond motifs is 2. The van der Waals surface area contributed by atoms with E-state index in [1.165, 1.54) is 31.7 Å². The SMILES string of the molecule is CCC1C2CNCC2CN1Cc1cn2ccccc2n1. The molecule has 2 aliphatic heterocycles. The van der Waals surface area contributed by atoms with Crippen LogP contribution in [0.25, 0.3) is 5.65 Å². The molecule has 0 radical (unpaired) electrons. The Morgan fingerprint density at radius 1 is 1.35 bits per heavy atom. The number of hydrogen-bond donors (Lipinski definition) is 1. The van der Waals surface area contributed by atoms with E-state index in [4.69, 9.17) is 4.98 Å². The summed E-state index contributed by atoms with van der Waals surface area (Å²) >= 11 is 0. The number of rotatable bonds is 3. The van der Waals surface area contributed by atoms with Crippen LogP contribution in [0.3, 0.4) is 0 Å². The van der Waals surface area contributed by atoms with Crippen LogP contribution in [-0.4, -0.2) is 40.0 Å². The first-order valence-electron chi connectivity index (χ1n) is 7.72. The molecule has 20 heavy (non-hydrogen) atoms. The predicted molar refractivity (Wildman–Crippen MR) is 79.5 cm³/mol. The molecule has 2 aliphatic rings. The predicted octanol–water partition coefficient (Wildman–Crippen LogP) is 1.76. The molecule has 2 saturated heterocycles. The van der Waals surface area contributed by atoms with Gasteiger partial charge < -0.3 is 9.72 Å². The lowest BCUT2D eigenvalue weighted by Crippen LogP contribution is -2.34. The summed E-state index contributed by atoms with van der Waals surface area (Å²) in [5.74, 6) is 1.69. The molecule has 106 valence electrons. The van der Waals surface area contributed by atoms with Crippen LogP contribution in [0.4, 0.5) is 0 Å². The Morgan fingerprint density at radius 2 is 2.30 bits per heavy atom. The van der Waals surface area contributed by atoms with Crippen LogP contribution in [0.5, 0.6) is 0 Å². The molecule has 0 spiro atoms. The number of likely N-dealkylation sites (tertiary alicyclic amines) is 1. The molecule has 3 atom stereocenters. The van der Waals surface area contributed by atoms with Gasteiger partial charge in [-0.05, 0) is 43.5 Å². The van der Waals surface area contributed by atoms with Gasteiger partial charge in [-0.3, -0.25) is 4.90 Å². The fourth-order valence-corrected chi connectivity index (χ4v) is 4.13. The third-order valence-electron chi connectivity index (χ3n) is 5.02. The molecule has 0 aliphatic carbocycles. The van der Waals surface area contributed by atoms with Gasteiger partial charge in [-0.25, -0.2) is 4.98 Å². The fourth-order valence-electron chi connectivity index (χ4n) is 4.13. The lowest BCUT2D eigenvalue weighted by Gasteiger charge is -2.25. The van der Waals surface area contributed by atoms with Crippen molar-refractivity contribution in [1.82, 2.24) is 19.6 Å². The van der Waals surface area contributed by atoms with Crippen molar-refractivity contribution in [2.75, 3.05) is 19.6 Å². The summed E-state index contributed by atoms with van der Waals surface area (Å²) in [7, 11) is 0. The standard InChI is InChI=1S/C16H22N4/c1-2-15-14-8-17-7-12(14)9-20(15)11-13-10-19-6-4-3-5-16(19)18-13/h3-6,10,12,14-15,17H,2,7-9,11H2,1H3. The van der Waals surface area contributed by atoms with Gasteiger partial charge in [0, 0.05) is 31.5 Å². The number of pyridine rings is 1. The molecule has 0 bridgehead atoms. The summed E-state index contributed by atoms with van der Waals surface area (Å²) in [6.07, 6.45) is 5.50. The molecular weight excluding hydrogens is 248 g/mol. The summed E-state index contributed by atoms with van der Waals surface area (Å²) in [4.78, 5) is 7.40. The maximum Gasteiger partial charge on any atom is 0.137 e. The monoisotopic (exact) mass is 270 g/mol. The van der Waals surface area contributed by atoms with Crippen LogP contribution in [0.15, 0.2) is 30.6 Å². The zero-order chi connectivity index (χ0) is 13.5. The maximum absolute atomic E-state index is 4.74. The van der Waals surface area contributed by atoms with Crippen molar-refractivity contribution in [3.8, 4) is 0 Å². The minimum atomic E-state index is 0.722. The minimum Gasteiger partial charge on any atom is -0.316 e. The molecule has 4 rings (SSSR count). The molecule has 0 amide bonds. The first kappa shape index (κ1) is 12.4. The van der Waals surface area contributed by atoms with Gasteiger partial charge in [0.1, 0.15) is 5.65 Å². The van der Waals surface area contributed by atoms with Gasteiger partial charge in [-0.1, -0.05) is 13.0 Å². The largest absolute Gasteiger partial charge is 0.316 e. The van der Waals surface area contributed by atoms with Gasteiger partial charge in [-0.2, -0.15) is 0 Å². The smallest absolute Gasteiger partial charge is 0.137 e. The molecule has 4 nitrogen and oxygen atoms in total. The average Bonchev–Trinajstić information content (AvgIpc) is 3.11. The van der Waals surface area contributed by atoms with Crippen molar-refractivity contribution in [3.05, 3.63) is 36.3 Å². The van der Waals surface area contributed by atoms with Gasteiger partial charge in [-0.15, -0.1) is 0 Å². The lowest BCUT2D eigenvalue weighted by molar-refractivity contribution is 0.208. The highest BCUT2D eigenvalue weighted by molar-refractivity contribution is 5.39. The molecule has 0 saturated carbocycles. The van der Waals surface area contributed by atoms with E-state index in [1.807, 2.05) is 6.07 Å². The first-order chi connectivity index (χ1) is 9.85. The van der Waals surface area contributed by atoms with Crippen LogP contribution < -0.4 is 5.32 Å². The van der Waals surface area contributed by atoms with Crippen molar-refractivity contribution >= 4 is 5.65 Å². The second-order valence-electron chi connectivity index (χ2n) is 6.19. The van der Waals surface area contributed by atoms with E-state index in [0.29, 0.717) is 0 Å². The molecule has 4 heterocycles. The van der Waals surface area contributed by atoms with Crippen molar-refractivity contribution in [3.63, 3.8) is 0 Å². The van der Waals surface area contributed by atoms with E-state index >= 15 is 0 Å². The molecule has 1 N–H and O–H groups in total. The Balaban J connectivity index is 1.56. The van der Waals surface area contributed by atoms with Gasteiger partial charge in [0.25, 0.3) is 0 Å². The van der Waals surface area contributed by atoms with Crippen LogP contribution in [0.1, 0.15) is 19.0 Å². The molecular formula is C16H22N4. The quantitative estimate of drug-likeness (QED) is 0.922. The molecule has 0 aromatic carbocycles. The lowest BCUT2D eigenvalue weighted by atomic mass is 9.93. The summed E-state index contributed by atoms with van der Waals surface area (Å²) in [5.41, 5.74) is 2.25.